The number of allylic oxidation sites excluding steroid dienone is 1. The Morgan fingerprint density at radius 3 is 2.90 bits per heavy atom. The third-order valence-corrected chi connectivity index (χ3v) is 1.86. The van der Waals surface area contributed by atoms with Crippen molar-refractivity contribution in [3.05, 3.63) is 12.0 Å². The van der Waals surface area contributed by atoms with E-state index in [1.165, 1.54) is 0 Å². The van der Waals surface area contributed by atoms with E-state index in [9.17, 15) is 0 Å². The Labute approximate surface area is 58.4 Å². The molecule has 4 nitrogen and oxygen atoms in total. The summed E-state index contributed by atoms with van der Waals surface area (Å²) in [5.74, 6) is 0.718. The molecule has 0 unspecified atom stereocenters. The molecule has 2 rings (SSSR count). The van der Waals surface area contributed by atoms with Crippen LogP contribution >= 0.6 is 0 Å². The molecule has 1 aliphatic heterocycles. The summed E-state index contributed by atoms with van der Waals surface area (Å²) in [7, 11) is 0. The Hall–Kier alpha value is -1.21. The molecule has 0 spiro atoms. The largest absolute Gasteiger partial charge is 0.390 e. The smallest absolute Gasteiger partial charge is 0.163 e. The van der Waals surface area contributed by atoms with Crippen LogP contribution in [0.5, 0.6) is 0 Å². The van der Waals surface area contributed by atoms with E-state index in [0.717, 1.165) is 18.6 Å². The van der Waals surface area contributed by atoms with Gasteiger partial charge in [0.15, 0.2) is 5.76 Å². The van der Waals surface area contributed by atoms with Crippen LogP contribution in [-0.4, -0.2) is 0 Å². The predicted octanol–water partition coefficient (Wildman–Crippen LogP) is 0.171. The minimum absolute atomic E-state index is 0.309. The van der Waals surface area contributed by atoms with Crippen LogP contribution in [0.3, 0.4) is 0 Å². The Balaban J connectivity index is 2.19. The Morgan fingerprint density at radius 1 is 1.70 bits per heavy atom. The number of rotatable bonds is 1. The van der Waals surface area contributed by atoms with E-state index in [2.05, 4.69) is 17.1 Å². The summed E-state index contributed by atoms with van der Waals surface area (Å²) in [5, 5.41) is 8.69. The molecule has 2 N–H and O–H groups in total. The van der Waals surface area contributed by atoms with E-state index in [1.807, 2.05) is 0 Å². The van der Waals surface area contributed by atoms with Gasteiger partial charge in [-0.2, -0.15) is 5.26 Å². The van der Waals surface area contributed by atoms with Crippen LogP contribution in [0.15, 0.2) is 12.0 Å². The van der Waals surface area contributed by atoms with Gasteiger partial charge >= 0.3 is 0 Å². The molecule has 0 amide bonds. The van der Waals surface area contributed by atoms with Crippen molar-refractivity contribution < 1.29 is 4.84 Å². The fourth-order valence-electron chi connectivity index (χ4n) is 0.983. The van der Waals surface area contributed by atoms with Crippen LogP contribution < -0.4 is 11.0 Å². The van der Waals surface area contributed by atoms with Gasteiger partial charge in [-0.25, -0.2) is 0 Å². The highest BCUT2D eigenvalue weighted by Gasteiger charge is 2.50. The Bertz CT molecular complexity index is 224. The maximum absolute atomic E-state index is 8.69. The molecular formula is C6H7N3O. The third kappa shape index (κ3) is 0.581. The molecule has 0 saturated heterocycles. The zero-order valence-electron chi connectivity index (χ0n) is 5.35. The number of nitrogens with one attached hydrogen (secondary N) is 2. The summed E-state index contributed by atoms with van der Waals surface area (Å²) in [6, 6.07) is 2.22. The first-order valence-electron chi connectivity index (χ1n) is 3.17. The molecule has 0 radical (unpaired) electrons. The van der Waals surface area contributed by atoms with E-state index in [1.54, 1.807) is 6.20 Å². The highest BCUT2D eigenvalue weighted by atomic mass is 16.7. The molecule has 4 heteroatoms. The second-order valence-corrected chi connectivity index (χ2v) is 2.55. The van der Waals surface area contributed by atoms with Crippen molar-refractivity contribution >= 4 is 0 Å². The lowest BCUT2D eigenvalue weighted by Gasteiger charge is -2.03. The molecule has 0 aromatic carbocycles. The molecule has 1 fully saturated rings. The maximum Gasteiger partial charge on any atom is 0.163 e. The molecule has 0 bridgehead atoms. The fourth-order valence-corrected chi connectivity index (χ4v) is 0.983. The zero-order chi connectivity index (χ0) is 7.03. The summed E-state index contributed by atoms with van der Waals surface area (Å²) in [4.78, 5) is 4.95. The SMILES string of the molecule is N#CC1(C2=CNNO2)CC1. The van der Waals surface area contributed by atoms with Gasteiger partial charge in [-0.15, -0.1) is 0 Å². The average Bonchev–Trinajstić information content (AvgIpc) is 2.58. The van der Waals surface area contributed by atoms with Gasteiger partial charge in [0.25, 0.3) is 0 Å². The average molecular weight is 137 g/mol. The van der Waals surface area contributed by atoms with E-state index < -0.39 is 0 Å². The van der Waals surface area contributed by atoms with Crippen LogP contribution in [0.25, 0.3) is 0 Å². The summed E-state index contributed by atoms with van der Waals surface area (Å²) in [6.45, 7) is 0. The van der Waals surface area contributed by atoms with Gasteiger partial charge in [0.1, 0.15) is 5.41 Å². The number of hydrogen-bond acceptors (Lipinski definition) is 4. The highest BCUT2D eigenvalue weighted by molar-refractivity contribution is 5.27. The topological polar surface area (TPSA) is 57.1 Å². The lowest BCUT2D eigenvalue weighted by molar-refractivity contribution is 0.0944. The summed E-state index contributed by atoms with van der Waals surface area (Å²) < 4.78 is 0. The molecule has 0 atom stereocenters. The van der Waals surface area contributed by atoms with Crippen LogP contribution in [0.2, 0.25) is 0 Å². The normalized spacial score (nSPS) is 25.7. The van der Waals surface area contributed by atoms with Crippen molar-refractivity contribution in [2.24, 2.45) is 5.41 Å². The number of hydrazine groups is 1. The molecule has 1 saturated carbocycles. The van der Waals surface area contributed by atoms with Gasteiger partial charge in [-0.1, -0.05) is 5.59 Å². The molecule has 0 aromatic rings. The van der Waals surface area contributed by atoms with E-state index >= 15 is 0 Å². The standard InChI is InChI=1S/C6H7N3O/c7-4-6(1-2-6)5-3-8-9-10-5/h3,8-9H,1-2H2. The lowest BCUT2D eigenvalue weighted by atomic mass is 10.1. The van der Waals surface area contributed by atoms with Gasteiger partial charge in [0.05, 0.1) is 12.3 Å². The minimum atomic E-state index is -0.309. The Kier molecular flexibility index (Phi) is 0.914. The quantitative estimate of drug-likeness (QED) is 0.541. The van der Waals surface area contributed by atoms with Crippen molar-refractivity contribution in [1.29, 1.82) is 5.26 Å². The minimum Gasteiger partial charge on any atom is -0.390 e. The van der Waals surface area contributed by atoms with Gasteiger partial charge in [0, 0.05) is 0 Å². The molecular weight excluding hydrogens is 130 g/mol. The molecule has 52 valence electrons. The van der Waals surface area contributed by atoms with Crippen molar-refractivity contribution in [3.8, 4) is 6.07 Å². The second kappa shape index (κ2) is 1.64. The molecule has 10 heavy (non-hydrogen) atoms. The Morgan fingerprint density at radius 2 is 2.50 bits per heavy atom. The van der Waals surface area contributed by atoms with Crippen LogP contribution in [0.1, 0.15) is 12.8 Å². The van der Waals surface area contributed by atoms with E-state index in [4.69, 9.17) is 10.1 Å². The summed E-state index contributed by atoms with van der Waals surface area (Å²) in [6.07, 6.45) is 3.52. The molecule has 1 heterocycles. The fraction of sp³-hybridized carbons (Fsp3) is 0.500. The van der Waals surface area contributed by atoms with Gasteiger partial charge in [-0.05, 0) is 12.8 Å². The predicted molar refractivity (Wildman–Crippen MR) is 32.7 cm³/mol. The highest BCUT2D eigenvalue weighted by Crippen LogP contribution is 2.51. The number of hydrogen-bond donors (Lipinski definition) is 2. The lowest BCUT2D eigenvalue weighted by Crippen LogP contribution is -2.19. The third-order valence-electron chi connectivity index (χ3n) is 1.86. The van der Waals surface area contributed by atoms with Crippen LogP contribution in [-0.2, 0) is 4.84 Å². The van der Waals surface area contributed by atoms with Crippen LogP contribution in [0.4, 0.5) is 0 Å². The van der Waals surface area contributed by atoms with E-state index in [0.29, 0.717) is 0 Å². The maximum atomic E-state index is 8.69. The molecule has 0 aromatic heterocycles. The van der Waals surface area contributed by atoms with Gasteiger partial charge in [0.2, 0.25) is 0 Å². The zero-order valence-corrected chi connectivity index (χ0v) is 5.35. The monoisotopic (exact) mass is 137 g/mol. The molecule has 2 aliphatic rings. The summed E-state index contributed by atoms with van der Waals surface area (Å²) >= 11 is 0. The molecule has 1 aliphatic carbocycles. The first kappa shape index (κ1) is 5.57. The number of nitrogens with zero attached hydrogens (tertiary/aromatic N) is 1. The van der Waals surface area contributed by atoms with Gasteiger partial charge < -0.3 is 4.84 Å². The first-order valence-corrected chi connectivity index (χ1v) is 3.17. The van der Waals surface area contributed by atoms with Crippen molar-refractivity contribution in [2.45, 2.75) is 12.8 Å². The first-order chi connectivity index (χ1) is 4.87. The van der Waals surface area contributed by atoms with Crippen molar-refractivity contribution in [3.63, 3.8) is 0 Å². The van der Waals surface area contributed by atoms with E-state index in [-0.39, 0.29) is 5.41 Å². The van der Waals surface area contributed by atoms with Crippen molar-refractivity contribution in [2.75, 3.05) is 0 Å². The van der Waals surface area contributed by atoms with Crippen LogP contribution in [0, 0.1) is 16.7 Å². The van der Waals surface area contributed by atoms with Gasteiger partial charge in [-0.3, -0.25) is 5.43 Å². The number of nitriles is 1. The summed E-state index contributed by atoms with van der Waals surface area (Å²) in [5.41, 5.74) is 4.82. The van der Waals surface area contributed by atoms with Crippen molar-refractivity contribution in [1.82, 2.24) is 11.0 Å². The second-order valence-electron chi connectivity index (χ2n) is 2.55.